The van der Waals surface area contributed by atoms with Crippen molar-refractivity contribution in [2.75, 3.05) is 6.54 Å². The van der Waals surface area contributed by atoms with Crippen LogP contribution < -0.4 is 10.6 Å². The number of hydrogen-bond donors (Lipinski definition) is 3. The van der Waals surface area contributed by atoms with Crippen molar-refractivity contribution in [3.63, 3.8) is 0 Å². The SMILES string of the molecule is C=CC(C)NC(=S)NCC(C)(C)O. The van der Waals surface area contributed by atoms with Crippen LogP contribution >= 0.6 is 12.2 Å². The van der Waals surface area contributed by atoms with Gasteiger partial charge >= 0.3 is 0 Å². The van der Waals surface area contributed by atoms with Gasteiger partial charge in [-0.25, -0.2) is 0 Å². The van der Waals surface area contributed by atoms with E-state index in [-0.39, 0.29) is 6.04 Å². The summed E-state index contributed by atoms with van der Waals surface area (Å²) in [4.78, 5) is 0. The van der Waals surface area contributed by atoms with Crippen LogP contribution in [-0.4, -0.2) is 28.4 Å². The zero-order chi connectivity index (χ0) is 10.5. The fourth-order valence-electron chi connectivity index (χ4n) is 0.613. The highest BCUT2D eigenvalue weighted by atomic mass is 32.1. The number of aliphatic hydroxyl groups is 1. The molecule has 0 aliphatic rings. The second kappa shape index (κ2) is 5.19. The van der Waals surface area contributed by atoms with Gasteiger partial charge in [0.1, 0.15) is 0 Å². The predicted molar refractivity (Wildman–Crippen MR) is 59.7 cm³/mol. The second-order valence-corrected chi connectivity index (χ2v) is 4.07. The van der Waals surface area contributed by atoms with Gasteiger partial charge in [-0.3, -0.25) is 0 Å². The highest BCUT2D eigenvalue weighted by Gasteiger charge is 2.12. The van der Waals surface area contributed by atoms with Gasteiger partial charge in [0.25, 0.3) is 0 Å². The van der Waals surface area contributed by atoms with Crippen LogP contribution in [-0.2, 0) is 0 Å². The Hall–Kier alpha value is -0.610. The van der Waals surface area contributed by atoms with E-state index in [0.717, 1.165) is 0 Å². The van der Waals surface area contributed by atoms with Crippen LogP contribution in [0.3, 0.4) is 0 Å². The van der Waals surface area contributed by atoms with E-state index in [1.54, 1.807) is 19.9 Å². The molecule has 0 heterocycles. The maximum absolute atomic E-state index is 9.39. The summed E-state index contributed by atoms with van der Waals surface area (Å²) < 4.78 is 0. The molecule has 4 heteroatoms. The van der Waals surface area contributed by atoms with Crippen molar-refractivity contribution < 1.29 is 5.11 Å². The van der Waals surface area contributed by atoms with E-state index in [9.17, 15) is 5.11 Å². The minimum Gasteiger partial charge on any atom is -0.389 e. The van der Waals surface area contributed by atoms with Gasteiger partial charge in [0, 0.05) is 12.6 Å². The molecule has 0 aromatic heterocycles. The lowest BCUT2D eigenvalue weighted by molar-refractivity contribution is 0.0848. The molecule has 0 aliphatic heterocycles. The normalized spacial score (nSPS) is 13.2. The number of rotatable bonds is 4. The third-order valence-electron chi connectivity index (χ3n) is 1.39. The summed E-state index contributed by atoms with van der Waals surface area (Å²) in [6.45, 7) is 9.45. The first-order valence-corrected chi connectivity index (χ1v) is 4.65. The molecule has 0 saturated carbocycles. The number of nitrogens with one attached hydrogen (secondary N) is 2. The quantitative estimate of drug-likeness (QED) is 0.466. The Morgan fingerprint density at radius 2 is 2.23 bits per heavy atom. The summed E-state index contributed by atoms with van der Waals surface area (Å²) in [5.41, 5.74) is -0.747. The molecule has 0 aliphatic carbocycles. The Kier molecular flexibility index (Phi) is 4.95. The highest BCUT2D eigenvalue weighted by Crippen LogP contribution is 1.96. The van der Waals surface area contributed by atoms with Crippen LogP contribution in [0.1, 0.15) is 20.8 Å². The molecule has 3 N–H and O–H groups in total. The summed E-state index contributed by atoms with van der Waals surface area (Å²) in [5.74, 6) is 0. The molecule has 0 amide bonds. The fraction of sp³-hybridized carbons (Fsp3) is 0.667. The smallest absolute Gasteiger partial charge is 0.166 e. The zero-order valence-corrected chi connectivity index (χ0v) is 9.24. The molecule has 0 radical (unpaired) electrons. The van der Waals surface area contributed by atoms with Crippen LogP contribution in [0.15, 0.2) is 12.7 Å². The van der Waals surface area contributed by atoms with Crippen molar-refractivity contribution in [2.45, 2.75) is 32.4 Å². The van der Waals surface area contributed by atoms with Gasteiger partial charge in [-0.2, -0.15) is 0 Å². The summed E-state index contributed by atoms with van der Waals surface area (Å²) in [5, 5.41) is 15.8. The van der Waals surface area contributed by atoms with Crippen LogP contribution in [0.5, 0.6) is 0 Å². The van der Waals surface area contributed by atoms with E-state index >= 15 is 0 Å². The van der Waals surface area contributed by atoms with Crippen molar-refractivity contribution in [3.05, 3.63) is 12.7 Å². The Balaban J connectivity index is 3.70. The van der Waals surface area contributed by atoms with Crippen LogP contribution in [0.25, 0.3) is 0 Å². The number of hydrogen-bond acceptors (Lipinski definition) is 2. The van der Waals surface area contributed by atoms with Crippen molar-refractivity contribution >= 4 is 17.3 Å². The Labute approximate surface area is 85.2 Å². The third kappa shape index (κ3) is 7.74. The highest BCUT2D eigenvalue weighted by molar-refractivity contribution is 7.80. The van der Waals surface area contributed by atoms with Crippen molar-refractivity contribution in [1.82, 2.24) is 10.6 Å². The van der Waals surface area contributed by atoms with Gasteiger partial charge < -0.3 is 15.7 Å². The minimum atomic E-state index is -0.747. The van der Waals surface area contributed by atoms with Crippen molar-refractivity contribution in [2.24, 2.45) is 0 Å². The molecule has 0 aromatic rings. The van der Waals surface area contributed by atoms with E-state index in [2.05, 4.69) is 17.2 Å². The molecule has 13 heavy (non-hydrogen) atoms. The Morgan fingerprint density at radius 1 is 1.69 bits per heavy atom. The first-order valence-electron chi connectivity index (χ1n) is 4.24. The molecular formula is C9H18N2OS. The molecule has 0 saturated heterocycles. The lowest BCUT2D eigenvalue weighted by atomic mass is 10.1. The van der Waals surface area contributed by atoms with Gasteiger partial charge in [0.15, 0.2) is 5.11 Å². The molecule has 0 bridgehead atoms. The Bertz CT molecular complexity index is 187. The molecule has 1 atom stereocenters. The fourth-order valence-corrected chi connectivity index (χ4v) is 0.871. The van der Waals surface area contributed by atoms with Gasteiger partial charge in [0.2, 0.25) is 0 Å². The van der Waals surface area contributed by atoms with E-state index < -0.39 is 5.60 Å². The van der Waals surface area contributed by atoms with Crippen molar-refractivity contribution in [1.29, 1.82) is 0 Å². The molecule has 0 rings (SSSR count). The van der Waals surface area contributed by atoms with Gasteiger partial charge in [-0.15, -0.1) is 6.58 Å². The first-order chi connectivity index (χ1) is 5.85. The standard InChI is InChI=1S/C9H18N2OS/c1-5-7(2)11-8(13)10-6-9(3,4)12/h5,7,12H,1,6H2,2-4H3,(H2,10,11,13). The van der Waals surface area contributed by atoms with Gasteiger partial charge in [-0.05, 0) is 33.0 Å². The summed E-state index contributed by atoms with van der Waals surface area (Å²) in [6, 6.07) is 0.141. The molecular weight excluding hydrogens is 184 g/mol. The van der Waals surface area contributed by atoms with Crippen LogP contribution in [0.2, 0.25) is 0 Å². The monoisotopic (exact) mass is 202 g/mol. The third-order valence-corrected chi connectivity index (χ3v) is 1.66. The summed E-state index contributed by atoms with van der Waals surface area (Å²) in [6.07, 6.45) is 1.76. The topological polar surface area (TPSA) is 44.3 Å². The van der Waals surface area contributed by atoms with E-state index in [0.29, 0.717) is 11.7 Å². The number of thiocarbonyl (C=S) groups is 1. The lowest BCUT2D eigenvalue weighted by Gasteiger charge is -2.20. The average molecular weight is 202 g/mol. The van der Waals surface area contributed by atoms with Gasteiger partial charge in [-0.1, -0.05) is 6.08 Å². The summed E-state index contributed by atoms with van der Waals surface area (Å²) >= 11 is 4.98. The van der Waals surface area contributed by atoms with E-state index in [4.69, 9.17) is 12.2 Å². The average Bonchev–Trinajstić information content (AvgIpc) is 1.99. The predicted octanol–water partition coefficient (Wildman–Crippen LogP) is 0.796. The molecule has 1 unspecified atom stereocenters. The molecule has 0 spiro atoms. The van der Waals surface area contributed by atoms with Crippen LogP contribution in [0, 0.1) is 0 Å². The van der Waals surface area contributed by atoms with Crippen LogP contribution in [0.4, 0.5) is 0 Å². The second-order valence-electron chi connectivity index (χ2n) is 3.66. The molecule has 0 fully saturated rings. The zero-order valence-electron chi connectivity index (χ0n) is 8.42. The molecule has 0 aromatic carbocycles. The van der Waals surface area contributed by atoms with E-state index in [1.165, 1.54) is 0 Å². The maximum atomic E-state index is 9.39. The first kappa shape index (κ1) is 12.4. The van der Waals surface area contributed by atoms with Crippen molar-refractivity contribution in [3.8, 4) is 0 Å². The molecule has 76 valence electrons. The summed E-state index contributed by atoms with van der Waals surface area (Å²) in [7, 11) is 0. The van der Waals surface area contributed by atoms with Gasteiger partial charge in [0.05, 0.1) is 5.60 Å². The molecule has 3 nitrogen and oxygen atoms in total. The minimum absolute atomic E-state index is 0.141. The maximum Gasteiger partial charge on any atom is 0.166 e. The Morgan fingerprint density at radius 3 is 2.62 bits per heavy atom. The van der Waals surface area contributed by atoms with E-state index in [1.807, 2.05) is 6.92 Å². The largest absolute Gasteiger partial charge is 0.389 e. The lowest BCUT2D eigenvalue weighted by Crippen LogP contribution is -2.45.